The number of rotatable bonds is 13. The maximum Gasteiger partial charge on any atom is 0.419 e. The molecular weight excluding hydrogens is 650 g/mol. The van der Waals surface area contributed by atoms with Crippen molar-refractivity contribution in [2.75, 3.05) is 18.4 Å². The molecular formula is C37H38F2N4O7. The molecule has 0 saturated carbocycles. The summed E-state index contributed by atoms with van der Waals surface area (Å²) in [6.45, 7) is 1.32. The number of fused-ring (bicyclic) bond motifs is 2. The molecule has 6 rings (SSSR count). The van der Waals surface area contributed by atoms with Crippen LogP contribution in [-0.4, -0.2) is 44.1 Å². The zero-order chi connectivity index (χ0) is 33.6. The molecule has 0 aliphatic heterocycles. The van der Waals surface area contributed by atoms with Crippen LogP contribution in [-0.2, 0) is 19.4 Å². The molecule has 13 heteroatoms. The number of halogens is 2. The number of oxazole rings is 1. The van der Waals surface area contributed by atoms with Gasteiger partial charge in [-0.15, -0.1) is 0 Å². The van der Waals surface area contributed by atoms with Crippen LogP contribution in [0.25, 0.3) is 33.1 Å². The van der Waals surface area contributed by atoms with Crippen molar-refractivity contribution in [1.29, 1.82) is 0 Å². The van der Waals surface area contributed by atoms with E-state index in [1.807, 2.05) is 66.7 Å². The third kappa shape index (κ3) is 8.43. The van der Waals surface area contributed by atoms with E-state index in [-0.39, 0.29) is 27.3 Å². The number of phenols is 1. The Balaban J connectivity index is 0.00000281. The first-order valence-corrected chi connectivity index (χ1v) is 15.8. The fraction of sp³-hybridized carbons (Fsp3) is 0.216. The number of aromatic amines is 1. The second kappa shape index (κ2) is 16.5. The molecule has 6 N–H and O–H groups in total. The third-order valence-corrected chi connectivity index (χ3v) is 8.43. The van der Waals surface area contributed by atoms with Gasteiger partial charge in [0.15, 0.2) is 5.58 Å². The molecule has 0 radical (unpaired) electrons. The molecule has 0 saturated heterocycles. The number of aliphatic hydroxyl groups excluding tert-OH is 1. The van der Waals surface area contributed by atoms with Crippen LogP contribution in [0.2, 0.25) is 0 Å². The Hall–Kier alpha value is -5.79. The van der Waals surface area contributed by atoms with Crippen molar-refractivity contribution < 1.29 is 33.9 Å². The standard InChI is InChI=1S/C37H36N4O7.2FH/c42-31-15-12-27(28-13-16-34(44)40-35(28)31)32(43)22-38-18-17-24-10-14-30-33(21-24)48-37(47)41(30)19-5-4-6-23-9-11-26(25-7-2-1-3-8-25)29(20-23)39-36(45)46;;/h1-3,7-16,20-21,32,38-39,42-43H,4-6,17-19,22H2,(H,40,44)(H,45,46);2*1H/t32-;;/m1../s1. The van der Waals surface area contributed by atoms with Gasteiger partial charge in [0.1, 0.15) is 5.75 Å². The van der Waals surface area contributed by atoms with Gasteiger partial charge >= 0.3 is 11.8 Å². The molecule has 4 aromatic carbocycles. The molecule has 0 bridgehead atoms. The van der Waals surface area contributed by atoms with Crippen LogP contribution in [0.3, 0.4) is 0 Å². The number of aromatic hydroxyl groups is 1. The van der Waals surface area contributed by atoms with Crippen molar-refractivity contribution in [3.05, 3.63) is 129 Å². The SMILES string of the molecule is F.F.O=C(O)Nc1cc(CCCCn2c(=O)oc3cc(CCNC[C@@H](O)c4ccc(O)c5[nH]c(=O)ccc45)ccc32)ccc1-c1ccccc1. The Bertz CT molecular complexity index is 2200. The van der Waals surface area contributed by atoms with Crippen molar-refractivity contribution >= 4 is 33.8 Å². The average Bonchev–Trinajstić information content (AvgIpc) is 3.39. The molecule has 11 nitrogen and oxygen atoms in total. The van der Waals surface area contributed by atoms with Gasteiger partial charge in [-0.3, -0.25) is 24.1 Å². The highest BCUT2D eigenvalue weighted by atomic mass is 19.0. The number of benzene rings is 4. The summed E-state index contributed by atoms with van der Waals surface area (Å²) in [6, 6.07) is 27.2. The number of phenolic OH excluding ortho intramolecular Hbond substituents is 1. The maximum atomic E-state index is 12.7. The van der Waals surface area contributed by atoms with Crippen LogP contribution in [0.5, 0.6) is 5.75 Å². The van der Waals surface area contributed by atoms with Gasteiger partial charge in [0.2, 0.25) is 5.56 Å². The van der Waals surface area contributed by atoms with E-state index < -0.39 is 18.0 Å². The van der Waals surface area contributed by atoms with Crippen molar-refractivity contribution in [3.8, 4) is 16.9 Å². The fourth-order valence-corrected chi connectivity index (χ4v) is 6.04. The lowest BCUT2D eigenvalue weighted by Gasteiger charge is -2.15. The second-order valence-electron chi connectivity index (χ2n) is 11.7. The van der Waals surface area contributed by atoms with Crippen LogP contribution in [0, 0.1) is 0 Å². The summed E-state index contributed by atoms with van der Waals surface area (Å²) in [5, 5.41) is 36.6. The highest BCUT2D eigenvalue weighted by Crippen LogP contribution is 2.30. The number of H-pyrrole nitrogens is 1. The number of aromatic nitrogens is 2. The molecule has 0 aliphatic rings. The van der Waals surface area contributed by atoms with E-state index in [0.29, 0.717) is 47.2 Å². The van der Waals surface area contributed by atoms with Crippen LogP contribution in [0.1, 0.15) is 35.6 Å². The van der Waals surface area contributed by atoms with Crippen LogP contribution >= 0.6 is 0 Å². The molecule has 2 aromatic heterocycles. The van der Waals surface area contributed by atoms with Crippen molar-refractivity contribution in [2.24, 2.45) is 0 Å². The summed E-state index contributed by atoms with van der Waals surface area (Å²) >= 11 is 0. The van der Waals surface area contributed by atoms with Crippen LogP contribution in [0.4, 0.5) is 19.9 Å². The predicted molar refractivity (Wildman–Crippen MR) is 190 cm³/mol. The number of amides is 1. The first kappa shape index (κ1) is 37.0. The Morgan fingerprint density at radius 1 is 0.880 bits per heavy atom. The van der Waals surface area contributed by atoms with E-state index in [9.17, 15) is 29.7 Å². The summed E-state index contributed by atoms with van der Waals surface area (Å²) in [6.07, 6.45) is 0.922. The van der Waals surface area contributed by atoms with Crippen LogP contribution in [0.15, 0.2) is 105 Å². The number of hydrogen-bond donors (Lipinski definition) is 6. The van der Waals surface area contributed by atoms with E-state index in [0.717, 1.165) is 47.0 Å². The topological polar surface area (TPSA) is 170 Å². The summed E-state index contributed by atoms with van der Waals surface area (Å²) in [4.78, 5) is 38.4. The largest absolute Gasteiger partial charge is 0.506 e. The number of carbonyl (C=O) groups is 1. The summed E-state index contributed by atoms with van der Waals surface area (Å²) in [5.74, 6) is -0.468. The molecule has 0 fully saturated rings. The number of hydrogen-bond acceptors (Lipinski definition) is 7. The average molecular weight is 689 g/mol. The van der Waals surface area contributed by atoms with Crippen molar-refractivity contribution in [3.63, 3.8) is 0 Å². The Morgan fingerprint density at radius 3 is 2.42 bits per heavy atom. The maximum absolute atomic E-state index is 12.7. The minimum Gasteiger partial charge on any atom is -0.506 e. The van der Waals surface area contributed by atoms with Gasteiger partial charge in [-0.25, -0.2) is 9.59 Å². The number of nitrogens with zero attached hydrogens (tertiary/aromatic N) is 1. The number of nitrogens with one attached hydrogen (secondary N) is 3. The predicted octanol–water partition coefficient (Wildman–Crippen LogP) is 6.09. The second-order valence-corrected chi connectivity index (χ2v) is 11.7. The van der Waals surface area contributed by atoms with Gasteiger partial charge in [-0.1, -0.05) is 54.6 Å². The van der Waals surface area contributed by atoms with E-state index in [4.69, 9.17) is 4.42 Å². The lowest BCUT2D eigenvalue weighted by Crippen LogP contribution is -2.24. The quantitative estimate of drug-likeness (QED) is 0.0792. The van der Waals surface area contributed by atoms with E-state index >= 15 is 0 Å². The number of carboxylic acid groups (broad SMARTS) is 1. The number of pyridine rings is 1. The lowest BCUT2D eigenvalue weighted by atomic mass is 9.99. The van der Waals surface area contributed by atoms with Gasteiger partial charge in [-0.2, -0.15) is 0 Å². The van der Waals surface area contributed by atoms with Crippen molar-refractivity contribution in [2.45, 2.75) is 38.3 Å². The fourth-order valence-electron chi connectivity index (χ4n) is 6.04. The minimum atomic E-state index is -1.12. The summed E-state index contributed by atoms with van der Waals surface area (Å²) in [7, 11) is 0. The zero-order valence-electron chi connectivity index (χ0n) is 26.9. The number of anilines is 1. The number of aryl methyl sites for hydroxylation is 2. The first-order valence-electron chi connectivity index (χ1n) is 15.8. The summed E-state index contributed by atoms with van der Waals surface area (Å²) in [5.41, 5.74) is 6.05. The van der Waals surface area contributed by atoms with Crippen molar-refractivity contribution in [1.82, 2.24) is 14.9 Å². The van der Waals surface area contributed by atoms with E-state index in [1.165, 1.54) is 12.1 Å². The molecule has 0 unspecified atom stereocenters. The molecule has 2 heterocycles. The molecule has 0 spiro atoms. The Morgan fingerprint density at radius 2 is 1.64 bits per heavy atom. The number of aliphatic hydroxyl groups is 1. The minimum absolute atomic E-state index is 0. The lowest BCUT2D eigenvalue weighted by molar-refractivity contribution is 0.176. The molecule has 6 aromatic rings. The van der Waals surface area contributed by atoms with Gasteiger partial charge in [0.05, 0.1) is 22.8 Å². The number of unbranched alkanes of at least 4 members (excludes halogenated alkanes) is 1. The van der Waals surface area contributed by atoms with Gasteiger partial charge < -0.3 is 30.0 Å². The normalized spacial score (nSPS) is 11.5. The van der Waals surface area contributed by atoms with E-state index in [1.54, 1.807) is 16.7 Å². The smallest absolute Gasteiger partial charge is 0.419 e. The monoisotopic (exact) mass is 688 g/mol. The highest BCUT2D eigenvalue weighted by molar-refractivity contribution is 5.91. The Kier molecular flexibility index (Phi) is 12.3. The van der Waals surface area contributed by atoms with Gasteiger partial charge in [0.25, 0.3) is 0 Å². The van der Waals surface area contributed by atoms with E-state index in [2.05, 4.69) is 15.6 Å². The molecule has 1 amide bonds. The zero-order valence-corrected chi connectivity index (χ0v) is 26.9. The highest BCUT2D eigenvalue weighted by Gasteiger charge is 2.15. The molecule has 0 aliphatic carbocycles. The van der Waals surface area contributed by atoms with Gasteiger partial charge in [-0.05, 0) is 84.8 Å². The third-order valence-electron chi connectivity index (χ3n) is 8.43. The Labute approximate surface area is 284 Å². The molecule has 262 valence electrons. The molecule has 1 atom stereocenters. The van der Waals surface area contributed by atoms with Crippen LogP contribution < -0.4 is 21.9 Å². The van der Waals surface area contributed by atoms with Gasteiger partial charge in [0, 0.05) is 30.1 Å². The first-order chi connectivity index (χ1) is 23.3. The molecule has 50 heavy (non-hydrogen) atoms. The summed E-state index contributed by atoms with van der Waals surface area (Å²) < 4.78 is 7.20.